The summed E-state index contributed by atoms with van der Waals surface area (Å²) in [5.74, 6) is 0. The molecule has 0 atom stereocenters. The molecular formula is C16H21BrN2O. The average molecular weight is 337 g/mol. The highest BCUT2D eigenvalue weighted by Crippen LogP contribution is 2.40. The highest BCUT2D eigenvalue weighted by molar-refractivity contribution is 9.10. The maximum absolute atomic E-state index is 10.6. The zero-order valence-electron chi connectivity index (χ0n) is 12.0. The van der Waals surface area contributed by atoms with Gasteiger partial charge in [0.25, 0.3) is 0 Å². The first-order valence-electron chi connectivity index (χ1n) is 7.00. The van der Waals surface area contributed by atoms with Gasteiger partial charge in [-0.1, -0.05) is 19.9 Å². The predicted octanol–water partition coefficient (Wildman–Crippen LogP) is 4.06. The van der Waals surface area contributed by atoms with Gasteiger partial charge in [-0.3, -0.25) is 0 Å². The summed E-state index contributed by atoms with van der Waals surface area (Å²) in [4.78, 5) is 0. The van der Waals surface area contributed by atoms with Crippen molar-refractivity contribution in [2.24, 2.45) is 5.41 Å². The number of nitriles is 1. The van der Waals surface area contributed by atoms with Crippen molar-refractivity contribution in [1.82, 2.24) is 0 Å². The maximum Gasteiger partial charge on any atom is 0.103 e. The van der Waals surface area contributed by atoms with Crippen LogP contribution in [0.2, 0.25) is 0 Å². The Morgan fingerprint density at radius 3 is 2.55 bits per heavy atom. The number of hydrogen-bond donors (Lipinski definition) is 2. The summed E-state index contributed by atoms with van der Waals surface area (Å²) in [6.45, 7) is 5.00. The van der Waals surface area contributed by atoms with Gasteiger partial charge < -0.3 is 10.4 Å². The first-order valence-corrected chi connectivity index (χ1v) is 7.79. The summed E-state index contributed by atoms with van der Waals surface area (Å²) in [5.41, 5.74) is 1.04. The minimum atomic E-state index is -0.662. The van der Waals surface area contributed by atoms with Crippen LogP contribution in [0.5, 0.6) is 0 Å². The lowest BCUT2D eigenvalue weighted by Gasteiger charge is -2.40. The fourth-order valence-corrected chi connectivity index (χ4v) is 3.07. The molecule has 20 heavy (non-hydrogen) atoms. The van der Waals surface area contributed by atoms with Gasteiger partial charge in [0.2, 0.25) is 0 Å². The molecule has 0 amide bonds. The molecule has 1 saturated carbocycles. The van der Waals surface area contributed by atoms with Crippen molar-refractivity contribution < 1.29 is 5.11 Å². The molecule has 2 rings (SSSR count). The lowest BCUT2D eigenvalue weighted by atomic mass is 9.71. The Morgan fingerprint density at radius 2 is 1.95 bits per heavy atom. The van der Waals surface area contributed by atoms with Gasteiger partial charge in [-0.25, -0.2) is 0 Å². The molecule has 2 N–H and O–H groups in total. The van der Waals surface area contributed by atoms with Crippen molar-refractivity contribution in [1.29, 1.82) is 5.26 Å². The zero-order chi connectivity index (χ0) is 14.8. The highest BCUT2D eigenvalue weighted by atomic mass is 79.9. The van der Waals surface area contributed by atoms with E-state index in [1.165, 1.54) is 0 Å². The molecule has 0 bridgehead atoms. The molecule has 0 aliphatic heterocycles. The van der Waals surface area contributed by atoms with Crippen LogP contribution in [0.15, 0.2) is 22.7 Å². The third-order valence-electron chi connectivity index (χ3n) is 4.27. The predicted molar refractivity (Wildman–Crippen MR) is 84.5 cm³/mol. The molecule has 3 nitrogen and oxygen atoms in total. The molecule has 0 aromatic heterocycles. The molecule has 4 heteroatoms. The molecule has 1 aliphatic carbocycles. The number of rotatable bonds is 3. The molecule has 108 valence electrons. The van der Waals surface area contributed by atoms with Crippen LogP contribution in [-0.4, -0.2) is 17.3 Å². The third-order valence-corrected chi connectivity index (χ3v) is 4.93. The van der Waals surface area contributed by atoms with E-state index in [4.69, 9.17) is 0 Å². The number of anilines is 1. The van der Waals surface area contributed by atoms with Crippen LogP contribution in [0.3, 0.4) is 0 Å². The second kappa shape index (κ2) is 5.75. The van der Waals surface area contributed by atoms with Gasteiger partial charge in [-0.2, -0.15) is 5.26 Å². The topological polar surface area (TPSA) is 56.0 Å². The molecular weight excluding hydrogens is 316 g/mol. The van der Waals surface area contributed by atoms with Gasteiger partial charge in [-0.15, -0.1) is 0 Å². The Kier molecular flexibility index (Phi) is 4.41. The van der Waals surface area contributed by atoms with Gasteiger partial charge in [0.05, 0.1) is 16.9 Å². The van der Waals surface area contributed by atoms with E-state index in [0.29, 0.717) is 17.5 Å². The Labute approximate surface area is 129 Å². The molecule has 0 saturated heterocycles. The molecule has 1 aromatic rings. The van der Waals surface area contributed by atoms with Crippen LogP contribution in [0.1, 0.15) is 45.1 Å². The summed E-state index contributed by atoms with van der Waals surface area (Å²) >= 11 is 3.38. The number of benzene rings is 1. The Bertz CT molecular complexity index is 524. The summed E-state index contributed by atoms with van der Waals surface area (Å²) in [5, 5.41) is 23.1. The van der Waals surface area contributed by atoms with Gasteiger partial charge in [0.1, 0.15) is 6.07 Å². The molecule has 0 spiro atoms. The van der Waals surface area contributed by atoms with E-state index in [0.717, 1.165) is 35.8 Å². The first-order chi connectivity index (χ1) is 9.35. The van der Waals surface area contributed by atoms with Crippen molar-refractivity contribution in [3.05, 3.63) is 28.2 Å². The largest absolute Gasteiger partial charge is 0.388 e. The minimum absolute atomic E-state index is 0.333. The van der Waals surface area contributed by atoms with E-state index in [1.807, 2.05) is 18.2 Å². The van der Waals surface area contributed by atoms with Crippen molar-refractivity contribution in [3.63, 3.8) is 0 Å². The second-order valence-electron chi connectivity index (χ2n) is 6.52. The summed E-state index contributed by atoms with van der Waals surface area (Å²) in [7, 11) is 0. The fourth-order valence-electron chi connectivity index (χ4n) is 2.61. The highest BCUT2D eigenvalue weighted by Gasteiger charge is 2.36. The quantitative estimate of drug-likeness (QED) is 0.874. The smallest absolute Gasteiger partial charge is 0.103 e. The summed E-state index contributed by atoms with van der Waals surface area (Å²) in [6, 6.07) is 7.80. The summed E-state index contributed by atoms with van der Waals surface area (Å²) in [6.07, 6.45) is 3.69. The average Bonchev–Trinajstić information content (AvgIpc) is 2.41. The van der Waals surface area contributed by atoms with Crippen LogP contribution in [0.4, 0.5) is 5.69 Å². The fraction of sp³-hybridized carbons (Fsp3) is 0.562. The zero-order valence-corrected chi connectivity index (χ0v) is 13.6. The van der Waals surface area contributed by atoms with Gasteiger partial charge in [0.15, 0.2) is 0 Å². The van der Waals surface area contributed by atoms with Gasteiger partial charge >= 0.3 is 0 Å². The van der Waals surface area contributed by atoms with E-state index in [2.05, 4.69) is 41.2 Å². The number of halogens is 1. The number of nitrogens with one attached hydrogen (secondary N) is 1. The molecule has 1 aromatic carbocycles. The van der Waals surface area contributed by atoms with Crippen LogP contribution >= 0.6 is 15.9 Å². The van der Waals surface area contributed by atoms with E-state index >= 15 is 0 Å². The number of nitrogens with zero attached hydrogens (tertiary/aromatic N) is 1. The number of hydrogen-bond acceptors (Lipinski definition) is 3. The Morgan fingerprint density at radius 1 is 1.30 bits per heavy atom. The van der Waals surface area contributed by atoms with Crippen LogP contribution in [-0.2, 0) is 0 Å². The standard InChI is InChI=1S/C16H21BrN2O/c1-15(2)6-8-16(20,9-7-15)11-19-14-5-3-4-13(17)12(14)10-18/h3-5,19-20H,6-9,11H2,1-2H3. The number of aliphatic hydroxyl groups is 1. The van der Waals surface area contributed by atoms with Crippen molar-refractivity contribution in [2.75, 3.05) is 11.9 Å². The van der Waals surface area contributed by atoms with E-state index < -0.39 is 5.60 Å². The van der Waals surface area contributed by atoms with E-state index in [9.17, 15) is 10.4 Å². The van der Waals surface area contributed by atoms with E-state index in [-0.39, 0.29) is 0 Å². The molecule has 0 unspecified atom stereocenters. The maximum atomic E-state index is 10.6. The lowest BCUT2D eigenvalue weighted by molar-refractivity contribution is -0.0145. The van der Waals surface area contributed by atoms with Crippen LogP contribution in [0.25, 0.3) is 0 Å². The van der Waals surface area contributed by atoms with Crippen molar-refractivity contribution >= 4 is 21.6 Å². The van der Waals surface area contributed by atoms with Crippen LogP contribution < -0.4 is 5.32 Å². The van der Waals surface area contributed by atoms with Crippen molar-refractivity contribution in [2.45, 2.75) is 45.1 Å². The third kappa shape index (κ3) is 3.53. The van der Waals surface area contributed by atoms with E-state index in [1.54, 1.807) is 0 Å². The molecule has 1 aliphatic rings. The molecule has 1 fully saturated rings. The van der Waals surface area contributed by atoms with Gasteiger partial charge in [0, 0.05) is 11.0 Å². The second-order valence-corrected chi connectivity index (χ2v) is 7.37. The van der Waals surface area contributed by atoms with Crippen molar-refractivity contribution in [3.8, 4) is 6.07 Å². The lowest BCUT2D eigenvalue weighted by Crippen LogP contribution is -2.42. The first kappa shape index (κ1) is 15.3. The summed E-state index contributed by atoms with van der Waals surface area (Å²) < 4.78 is 0.779. The minimum Gasteiger partial charge on any atom is -0.388 e. The van der Waals surface area contributed by atoms with Crippen LogP contribution in [0, 0.1) is 16.7 Å². The Hall–Kier alpha value is -1.05. The normalized spacial score (nSPS) is 20.1. The molecule has 0 radical (unpaired) electrons. The SMILES string of the molecule is CC1(C)CCC(O)(CNc2cccc(Br)c2C#N)CC1. The van der Waals surface area contributed by atoms with Gasteiger partial charge in [-0.05, 0) is 59.2 Å². The Balaban J connectivity index is 2.03. The molecule has 0 heterocycles. The monoisotopic (exact) mass is 336 g/mol.